The monoisotopic (exact) mass is 296 g/mol. The lowest BCUT2D eigenvalue weighted by Gasteiger charge is -2.06. The predicted octanol–water partition coefficient (Wildman–Crippen LogP) is 4.29. The Kier molecular flexibility index (Phi) is 3.59. The number of hydrogen-bond donors (Lipinski definition) is 1. The van der Waals surface area contributed by atoms with Crippen LogP contribution in [-0.2, 0) is 4.74 Å². The van der Waals surface area contributed by atoms with Gasteiger partial charge in [0.05, 0.1) is 6.61 Å². The van der Waals surface area contributed by atoms with Gasteiger partial charge in [-0.05, 0) is 54.8 Å². The molecular formula is C18H16O4. The van der Waals surface area contributed by atoms with Crippen LogP contribution in [-0.4, -0.2) is 17.7 Å². The molecule has 0 fully saturated rings. The Balaban J connectivity index is 2.06. The van der Waals surface area contributed by atoms with E-state index in [1.54, 1.807) is 19.1 Å². The lowest BCUT2D eigenvalue weighted by molar-refractivity contribution is 0.0527. The summed E-state index contributed by atoms with van der Waals surface area (Å²) < 4.78 is 10.5. The number of esters is 1. The number of phenols is 1. The van der Waals surface area contributed by atoms with Gasteiger partial charge in [0.15, 0.2) is 0 Å². The molecule has 0 unspecified atom stereocenters. The third kappa shape index (κ3) is 2.44. The molecule has 0 spiro atoms. The molecule has 3 aromatic rings. The highest BCUT2D eigenvalue weighted by molar-refractivity contribution is 6.04. The number of aromatic hydroxyl groups is 1. The molecule has 4 heteroatoms. The van der Waals surface area contributed by atoms with Crippen molar-refractivity contribution in [3.8, 4) is 16.9 Å². The number of rotatable bonds is 3. The Hall–Kier alpha value is -2.75. The lowest BCUT2D eigenvalue weighted by Crippen LogP contribution is -2.03. The SMILES string of the molecule is CCOC(=O)c1coc2cc(-c3ccc(O)cc3C)ccc12. The molecule has 0 atom stereocenters. The van der Waals surface area contributed by atoms with Gasteiger partial charge in [-0.3, -0.25) is 0 Å². The van der Waals surface area contributed by atoms with Crippen LogP contribution in [0.5, 0.6) is 5.75 Å². The Labute approximate surface area is 127 Å². The van der Waals surface area contributed by atoms with Crippen LogP contribution in [0.4, 0.5) is 0 Å². The minimum Gasteiger partial charge on any atom is -0.508 e. The number of carbonyl (C=O) groups is 1. The fourth-order valence-electron chi connectivity index (χ4n) is 2.53. The first kappa shape index (κ1) is 14.2. The number of aryl methyl sites for hydroxylation is 1. The van der Waals surface area contributed by atoms with E-state index in [-0.39, 0.29) is 11.7 Å². The number of furan rings is 1. The van der Waals surface area contributed by atoms with E-state index in [9.17, 15) is 9.90 Å². The standard InChI is InChI=1S/C18H16O4/c1-3-21-18(20)16-10-22-17-9-12(4-6-15(16)17)14-7-5-13(19)8-11(14)2/h4-10,19H,3H2,1-2H3. The van der Waals surface area contributed by atoms with Crippen LogP contribution in [0.3, 0.4) is 0 Å². The fraction of sp³-hybridized carbons (Fsp3) is 0.167. The van der Waals surface area contributed by atoms with Crippen LogP contribution >= 0.6 is 0 Å². The maximum absolute atomic E-state index is 11.9. The van der Waals surface area contributed by atoms with E-state index in [1.165, 1.54) is 6.26 Å². The summed E-state index contributed by atoms with van der Waals surface area (Å²) in [5, 5.41) is 10.2. The molecule has 1 N–H and O–H groups in total. The van der Waals surface area contributed by atoms with Crippen LogP contribution in [0.1, 0.15) is 22.8 Å². The van der Waals surface area contributed by atoms with Crippen molar-refractivity contribution in [3.63, 3.8) is 0 Å². The fourth-order valence-corrected chi connectivity index (χ4v) is 2.53. The Morgan fingerprint density at radius 3 is 2.77 bits per heavy atom. The summed E-state index contributed by atoms with van der Waals surface area (Å²) in [6.07, 6.45) is 1.43. The van der Waals surface area contributed by atoms with Crippen LogP contribution in [0.2, 0.25) is 0 Å². The smallest absolute Gasteiger partial charge is 0.342 e. The van der Waals surface area contributed by atoms with E-state index in [1.807, 2.05) is 31.2 Å². The van der Waals surface area contributed by atoms with Gasteiger partial charge in [-0.15, -0.1) is 0 Å². The average molecular weight is 296 g/mol. The highest BCUT2D eigenvalue weighted by Crippen LogP contribution is 2.31. The highest BCUT2D eigenvalue weighted by Gasteiger charge is 2.15. The minimum absolute atomic E-state index is 0.241. The van der Waals surface area contributed by atoms with Crippen molar-refractivity contribution in [2.45, 2.75) is 13.8 Å². The Morgan fingerprint density at radius 1 is 1.23 bits per heavy atom. The average Bonchev–Trinajstić information content (AvgIpc) is 2.90. The third-order valence-corrected chi connectivity index (χ3v) is 3.59. The van der Waals surface area contributed by atoms with Crippen molar-refractivity contribution >= 4 is 16.9 Å². The van der Waals surface area contributed by atoms with Gasteiger partial charge in [0.2, 0.25) is 0 Å². The van der Waals surface area contributed by atoms with Crippen molar-refractivity contribution in [1.82, 2.24) is 0 Å². The number of fused-ring (bicyclic) bond motifs is 1. The summed E-state index contributed by atoms with van der Waals surface area (Å²) >= 11 is 0. The van der Waals surface area contributed by atoms with Gasteiger partial charge < -0.3 is 14.3 Å². The second-order valence-electron chi connectivity index (χ2n) is 5.08. The molecule has 22 heavy (non-hydrogen) atoms. The molecular weight excluding hydrogens is 280 g/mol. The van der Waals surface area contributed by atoms with E-state index in [4.69, 9.17) is 9.15 Å². The molecule has 0 aliphatic rings. The van der Waals surface area contributed by atoms with Crippen LogP contribution in [0, 0.1) is 6.92 Å². The Bertz CT molecular complexity index is 845. The topological polar surface area (TPSA) is 59.7 Å². The van der Waals surface area contributed by atoms with Gasteiger partial charge in [-0.1, -0.05) is 12.1 Å². The molecule has 0 amide bonds. The van der Waals surface area contributed by atoms with Crippen molar-refractivity contribution in [1.29, 1.82) is 0 Å². The van der Waals surface area contributed by atoms with E-state index in [0.717, 1.165) is 22.1 Å². The molecule has 1 heterocycles. The van der Waals surface area contributed by atoms with Crippen molar-refractivity contribution in [2.24, 2.45) is 0 Å². The summed E-state index contributed by atoms with van der Waals surface area (Å²) in [5.74, 6) is -0.139. The Morgan fingerprint density at radius 2 is 2.05 bits per heavy atom. The van der Waals surface area contributed by atoms with Gasteiger partial charge in [-0.25, -0.2) is 4.79 Å². The van der Waals surface area contributed by atoms with E-state index in [0.29, 0.717) is 17.8 Å². The number of benzene rings is 2. The van der Waals surface area contributed by atoms with Gasteiger partial charge in [0.1, 0.15) is 23.2 Å². The molecule has 0 aliphatic carbocycles. The first-order valence-electron chi connectivity index (χ1n) is 7.08. The zero-order chi connectivity index (χ0) is 15.7. The molecule has 0 aliphatic heterocycles. The van der Waals surface area contributed by atoms with Crippen molar-refractivity contribution in [3.05, 3.63) is 53.8 Å². The second kappa shape index (κ2) is 5.56. The molecule has 0 saturated carbocycles. The molecule has 0 bridgehead atoms. The zero-order valence-corrected chi connectivity index (χ0v) is 12.4. The van der Waals surface area contributed by atoms with E-state index < -0.39 is 0 Å². The first-order chi connectivity index (χ1) is 10.6. The van der Waals surface area contributed by atoms with Crippen molar-refractivity contribution in [2.75, 3.05) is 6.61 Å². The maximum atomic E-state index is 11.9. The highest BCUT2D eigenvalue weighted by atomic mass is 16.5. The summed E-state index contributed by atoms with van der Waals surface area (Å²) in [5.41, 5.74) is 4.01. The van der Waals surface area contributed by atoms with Gasteiger partial charge in [0.25, 0.3) is 0 Å². The molecule has 0 saturated heterocycles. The molecule has 4 nitrogen and oxygen atoms in total. The molecule has 2 aromatic carbocycles. The van der Waals surface area contributed by atoms with Gasteiger partial charge in [0, 0.05) is 5.39 Å². The van der Waals surface area contributed by atoms with E-state index >= 15 is 0 Å². The van der Waals surface area contributed by atoms with Crippen LogP contribution in [0.25, 0.3) is 22.1 Å². The first-order valence-corrected chi connectivity index (χ1v) is 7.08. The van der Waals surface area contributed by atoms with Gasteiger partial charge >= 0.3 is 5.97 Å². The predicted molar refractivity (Wildman–Crippen MR) is 84.0 cm³/mol. The molecule has 112 valence electrons. The molecule has 0 radical (unpaired) electrons. The summed E-state index contributed by atoms with van der Waals surface area (Å²) in [6.45, 7) is 4.04. The second-order valence-corrected chi connectivity index (χ2v) is 5.08. The summed E-state index contributed by atoms with van der Waals surface area (Å²) in [6, 6.07) is 10.9. The number of phenolic OH excluding ortho intramolecular Hbond substituents is 1. The zero-order valence-electron chi connectivity index (χ0n) is 12.4. The number of ether oxygens (including phenoxy) is 1. The minimum atomic E-state index is -0.380. The summed E-state index contributed by atoms with van der Waals surface area (Å²) in [4.78, 5) is 11.9. The normalized spacial score (nSPS) is 10.8. The maximum Gasteiger partial charge on any atom is 0.342 e. The lowest BCUT2D eigenvalue weighted by atomic mass is 9.99. The quantitative estimate of drug-likeness (QED) is 0.732. The molecule has 1 aromatic heterocycles. The number of carbonyl (C=O) groups excluding carboxylic acids is 1. The largest absolute Gasteiger partial charge is 0.508 e. The van der Waals surface area contributed by atoms with Crippen LogP contribution in [0.15, 0.2) is 47.1 Å². The van der Waals surface area contributed by atoms with Crippen LogP contribution < -0.4 is 0 Å². The summed E-state index contributed by atoms with van der Waals surface area (Å²) in [7, 11) is 0. The van der Waals surface area contributed by atoms with E-state index in [2.05, 4.69) is 0 Å². The van der Waals surface area contributed by atoms with Gasteiger partial charge in [-0.2, -0.15) is 0 Å². The molecule has 3 rings (SSSR count). The number of hydrogen-bond acceptors (Lipinski definition) is 4. The van der Waals surface area contributed by atoms with Crippen molar-refractivity contribution < 1.29 is 19.1 Å². The third-order valence-electron chi connectivity index (χ3n) is 3.59.